The highest BCUT2D eigenvalue weighted by Gasteiger charge is 2.29. The summed E-state index contributed by atoms with van der Waals surface area (Å²) in [6, 6.07) is 4.60. The number of thiophene rings is 1. The van der Waals surface area contributed by atoms with Crippen LogP contribution in [0.25, 0.3) is 0 Å². The third-order valence-corrected chi connectivity index (χ3v) is 5.51. The van der Waals surface area contributed by atoms with Crippen molar-refractivity contribution >= 4 is 17.2 Å². The summed E-state index contributed by atoms with van der Waals surface area (Å²) in [5.74, 6) is 0.143. The molecule has 0 bridgehead atoms. The zero-order valence-corrected chi connectivity index (χ0v) is 13.2. The molecule has 2 fully saturated rings. The van der Waals surface area contributed by atoms with Gasteiger partial charge in [0.05, 0.1) is 12.5 Å². The van der Waals surface area contributed by atoms with E-state index in [1.807, 2.05) is 22.4 Å². The number of carbonyl (C=O) groups excluding carboxylic acids is 1. The number of amides is 1. The molecule has 1 saturated heterocycles. The lowest BCUT2D eigenvalue weighted by Gasteiger charge is -2.27. The number of nitrogens with zero attached hydrogens (tertiary/aromatic N) is 2. The van der Waals surface area contributed by atoms with E-state index >= 15 is 0 Å². The van der Waals surface area contributed by atoms with E-state index in [0.29, 0.717) is 25.6 Å². The topological polar surface area (TPSA) is 43.8 Å². The molecule has 1 amide bonds. The van der Waals surface area contributed by atoms with Gasteiger partial charge in [0.1, 0.15) is 0 Å². The van der Waals surface area contributed by atoms with Gasteiger partial charge in [-0.2, -0.15) is 0 Å². The molecule has 1 N–H and O–H groups in total. The normalized spacial score (nSPS) is 25.2. The lowest BCUT2D eigenvalue weighted by atomic mass is 10.2. The van der Waals surface area contributed by atoms with Crippen LogP contribution < -0.4 is 0 Å². The molecule has 1 aliphatic carbocycles. The molecule has 0 spiro atoms. The van der Waals surface area contributed by atoms with Crippen molar-refractivity contribution < 1.29 is 9.90 Å². The lowest BCUT2D eigenvalue weighted by molar-refractivity contribution is -0.131. The summed E-state index contributed by atoms with van der Waals surface area (Å²) in [6.45, 7) is 2.84. The average Bonchev–Trinajstić information content (AvgIpc) is 3.12. The van der Waals surface area contributed by atoms with Crippen LogP contribution in [0.2, 0.25) is 0 Å². The number of carbonyl (C=O) groups is 1. The first-order valence-electron chi connectivity index (χ1n) is 7.94. The van der Waals surface area contributed by atoms with Crippen molar-refractivity contribution in [3.63, 3.8) is 0 Å². The summed E-state index contributed by atoms with van der Waals surface area (Å²) in [5, 5.41) is 12.2. The third kappa shape index (κ3) is 3.84. The Bertz CT molecular complexity index is 457. The van der Waals surface area contributed by atoms with Crippen molar-refractivity contribution in [1.29, 1.82) is 0 Å². The maximum atomic E-state index is 12.4. The Hall–Kier alpha value is -0.910. The van der Waals surface area contributed by atoms with Gasteiger partial charge in [0, 0.05) is 37.1 Å². The number of hydrogen-bond acceptors (Lipinski definition) is 4. The molecule has 5 heteroatoms. The number of aliphatic hydroxyl groups is 1. The minimum Gasteiger partial charge on any atom is -0.390 e. The Labute approximate surface area is 130 Å². The molecule has 1 saturated carbocycles. The summed E-state index contributed by atoms with van der Waals surface area (Å²) < 4.78 is 0. The first-order valence-corrected chi connectivity index (χ1v) is 8.82. The van der Waals surface area contributed by atoms with Crippen molar-refractivity contribution in [3.8, 4) is 0 Å². The van der Waals surface area contributed by atoms with Gasteiger partial charge in [-0.1, -0.05) is 18.9 Å². The van der Waals surface area contributed by atoms with Crippen LogP contribution in [-0.2, 0) is 11.2 Å². The molecule has 3 rings (SSSR count). The lowest BCUT2D eigenvalue weighted by Crippen LogP contribution is -2.39. The van der Waals surface area contributed by atoms with Crippen LogP contribution in [0, 0.1) is 0 Å². The molecular weight excluding hydrogens is 284 g/mol. The van der Waals surface area contributed by atoms with Gasteiger partial charge in [-0.05, 0) is 24.3 Å². The van der Waals surface area contributed by atoms with Crippen molar-refractivity contribution in [2.75, 3.05) is 26.2 Å². The molecule has 0 unspecified atom stereocenters. The van der Waals surface area contributed by atoms with E-state index in [-0.39, 0.29) is 5.91 Å². The van der Waals surface area contributed by atoms with Crippen LogP contribution in [0.4, 0.5) is 0 Å². The Morgan fingerprint density at radius 1 is 1.29 bits per heavy atom. The van der Waals surface area contributed by atoms with Gasteiger partial charge in [-0.25, -0.2) is 0 Å². The Balaban J connectivity index is 1.58. The Kier molecular flexibility index (Phi) is 4.93. The summed E-state index contributed by atoms with van der Waals surface area (Å²) in [5.41, 5.74) is 0. The standard InChI is InChI=1S/C16H24N2O2S/c19-14-11-17(13-4-1-2-5-13)7-8-18(12-14)16(20)10-15-6-3-9-21-15/h3,6,9,13-14,19H,1-2,4-5,7-8,10-12H2/t14-/m1/s1. The fraction of sp³-hybridized carbons (Fsp3) is 0.688. The summed E-state index contributed by atoms with van der Waals surface area (Å²) in [4.78, 5) is 17.7. The molecule has 0 aromatic carbocycles. The van der Waals surface area contributed by atoms with Gasteiger partial charge >= 0.3 is 0 Å². The highest BCUT2D eigenvalue weighted by atomic mass is 32.1. The quantitative estimate of drug-likeness (QED) is 0.925. The number of rotatable bonds is 3. The van der Waals surface area contributed by atoms with Crippen molar-refractivity contribution in [3.05, 3.63) is 22.4 Å². The van der Waals surface area contributed by atoms with Crippen molar-refractivity contribution in [1.82, 2.24) is 9.80 Å². The summed E-state index contributed by atoms with van der Waals surface area (Å²) in [7, 11) is 0. The van der Waals surface area contributed by atoms with Crippen LogP contribution in [0.5, 0.6) is 0 Å². The maximum Gasteiger partial charge on any atom is 0.227 e. The van der Waals surface area contributed by atoms with E-state index < -0.39 is 6.10 Å². The number of β-amino-alcohol motifs (C(OH)–C–C–N with tert-alkyl or cyclic N) is 1. The molecule has 21 heavy (non-hydrogen) atoms. The van der Waals surface area contributed by atoms with E-state index in [9.17, 15) is 9.90 Å². The Morgan fingerprint density at radius 2 is 2.10 bits per heavy atom. The van der Waals surface area contributed by atoms with E-state index in [2.05, 4.69) is 4.90 Å². The SMILES string of the molecule is O=C(Cc1cccs1)N1CCN(C2CCCC2)C[C@@H](O)C1. The average molecular weight is 308 g/mol. The Morgan fingerprint density at radius 3 is 2.81 bits per heavy atom. The molecule has 1 aliphatic heterocycles. The first-order chi connectivity index (χ1) is 10.2. The second-order valence-corrected chi connectivity index (χ2v) is 7.22. The largest absolute Gasteiger partial charge is 0.390 e. The molecular formula is C16H24N2O2S. The molecule has 4 nitrogen and oxygen atoms in total. The zero-order chi connectivity index (χ0) is 14.7. The van der Waals surface area contributed by atoms with Gasteiger partial charge in [-0.15, -0.1) is 11.3 Å². The fourth-order valence-corrected chi connectivity index (χ4v) is 4.21. The predicted octanol–water partition coefficient (Wildman–Crippen LogP) is 1.74. The minimum absolute atomic E-state index is 0.143. The summed E-state index contributed by atoms with van der Waals surface area (Å²) >= 11 is 1.62. The highest BCUT2D eigenvalue weighted by molar-refractivity contribution is 7.10. The van der Waals surface area contributed by atoms with Gasteiger partial charge < -0.3 is 10.0 Å². The maximum absolute atomic E-state index is 12.4. The molecule has 1 aromatic rings. The number of hydrogen-bond donors (Lipinski definition) is 1. The van der Waals surface area contributed by atoms with Gasteiger partial charge in [0.15, 0.2) is 0 Å². The van der Waals surface area contributed by atoms with E-state index in [4.69, 9.17) is 0 Å². The van der Waals surface area contributed by atoms with Crippen molar-refractivity contribution in [2.24, 2.45) is 0 Å². The molecule has 2 aliphatic rings. The van der Waals surface area contributed by atoms with Gasteiger partial charge in [-0.3, -0.25) is 9.69 Å². The van der Waals surface area contributed by atoms with E-state index in [1.165, 1.54) is 25.7 Å². The predicted molar refractivity (Wildman–Crippen MR) is 84.4 cm³/mol. The van der Waals surface area contributed by atoms with Crippen LogP contribution in [0.15, 0.2) is 17.5 Å². The highest BCUT2D eigenvalue weighted by Crippen LogP contribution is 2.24. The molecule has 0 radical (unpaired) electrons. The smallest absolute Gasteiger partial charge is 0.227 e. The first kappa shape index (κ1) is 15.0. The summed E-state index contributed by atoms with van der Waals surface area (Å²) in [6.07, 6.45) is 5.15. The second-order valence-electron chi connectivity index (χ2n) is 6.18. The monoisotopic (exact) mass is 308 g/mol. The molecule has 2 heterocycles. The van der Waals surface area contributed by atoms with Crippen LogP contribution >= 0.6 is 11.3 Å². The van der Waals surface area contributed by atoms with E-state index in [1.54, 1.807) is 11.3 Å². The van der Waals surface area contributed by atoms with Crippen molar-refractivity contribution in [2.45, 2.75) is 44.2 Å². The zero-order valence-electron chi connectivity index (χ0n) is 12.4. The van der Waals surface area contributed by atoms with Gasteiger partial charge in [0.2, 0.25) is 5.91 Å². The van der Waals surface area contributed by atoms with Crippen LogP contribution in [0.3, 0.4) is 0 Å². The van der Waals surface area contributed by atoms with Crippen LogP contribution in [0.1, 0.15) is 30.6 Å². The van der Waals surface area contributed by atoms with Gasteiger partial charge in [0.25, 0.3) is 0 Å². The molecule has 1 atom stereocenters. The fourth-order valence-electron chi connectivity index (χ4n) is 3.52. The minimum atomic E-state index is -0.416. The number of aliphatic hydroxyl groups excluding tert-OH is 1. The molecule has 1 aromatic heterocycles. The van der Waals surface area contributed by atoms with E-state index in [0.717, 1.165) is 18.0 Å². The molecule has 116 valence electrons. The second kappa shape index (κ2) is 6.90. The van der Waals surface area contributed by atoms with Crippen LogP contribution in [-0.4, -0.2) is 59.1 Å². The third-order valence-electron chi connectivity index (χ3n) is 4.63.